The number of halogens is 1. The summed E-state index contributed by atoms with van der Waals surface area (Å²) in [6, 6.07) is 5.86. The first-order valence-electron chi connectivity index (χ1n) is 11.6. The zero-order chi connectivity index (χ0) is 25.9. The van der Waals surface area contributed by atoms with Crippen LogP contribution in [-0.2, 0) is 24.1 Å². The van der Waals surface area contributed by atoms with Crippen molar-refractivity contribution in [1.82, 2.24) is 0 Å². The van der Waals surface area contributed by atoms with Crippen LogP contribution in [0.2, 0.25) is 18.1 Å². The van der Waals surface area contributed by atoms with Crippen molar-refractivity contribution >= 4 is 24.2 Å². The summed E-state index contributed by atoms with van der Waals surface area (Å²) >= 11 is 3.75. The molecule has 35 heavy (non-hydrogen) atoms. The highest BCUT2D eigenvalue weighted by molar-refractivity contribution is 9.11. The zero-order valence-corrected chi connectivity index (χ0v) is 24.1. The first-order chi connectivity index (χ1) is 16.5. The van der Waals surface area contributed by atoms with Crippen LogP contribution in [0.15, 0.2) is 33.9 Å². The van der Waals surface area contributed by atoms with Crippen LogP contribution in [0, 0.1) is 0 Å². The highest BCUT2D eigenvalue weighted by Gasteiger charge is 2.54. The van der Waals surface area contributed by atoms with E-state index in [4.69, 9.17) is 28.1 Å². The molecule has 0 saturated carbocycles. The number of ether oxygens (including phenoxy) is 5. The molecule has 1 heterocycles. The van der Waals surface area contributed by atoms with Gasteiger partial charge in [-0.2, -0.15) is 0 Å². The molecule has 0 aromatic heterocycles. The lowest BCUT2D eigenvalue weighted by Crippen LogP contribution is -2.59. The molecule has 4 atom stereocenters. The lowest BCUT2D eigenvalue weighted by Gasteiger charge is -2.51. The largest absolute Gasteiger partial charge is 0.454 e. The maximum absolute atomic E-state index is 9.18. The minimum absolute atomic E-state index is 0.0255. The van der Waals surface area contributed by atoms with Gasteiger partial charge in [-0.1, -0.05) is 54.0 Å². The molecule has 3 rings (SSSR count). The molecule has 1 aliphatic heterocycles. The Hall–Kier alpha value is -1.59. The lowest BCUT2D eigenvalue weighted by molar-refractivity contribution is -0.112. The molecule has 0 fully saturated rings. The molecule has 0 unspecified atom stereocenters. The predicted octanol–water partition coefficient (Wildman–Crippen LogP) is 6.04. The van der Waals surface area contributed by atoms with E-state index in [1.165, 1.54) is 0 Å². The number of methoxy groups -OCH3 is 2. The van der Waals surface area contributed by atoms with Crippen molar-refractivity contribution in [2.45, 2.75) is 69.1 Å². The van der Waals surface area contributed by atoms with Crippen LogP contribution in [0.25, 0.3) is 10.4 Å². The van der Waals surface area contributed by atoms with E-state index in [0.29, 0.717) is 17.9 Å². The fraction of sp³-hybridized carbons (Fsp3) is 0.667. The molecule has 0 N–H and O–H groups in total. The number of hydrogen-bond acceptors (Lipinski definition) is 7. The highest BCUT2D eigenvalue weighted by atomic mass is 79.9. The van der Waals surface area contributed by atoms with Crippen LogP contribution in [0.5, 0.6) is 11.5 Å². The van der Waals surface area contributed by atoms with E-state index in [0.717, 1.165) is 10.0 Å². The number of fused-ring (bicyclic) bond motifs is 1. The van der Waals surface area contributed by atoms with Gasteiger partial charge in [0.25, 0.3) is 0 Å². The van der Waals surface area contributed by atoms with Crippen LogP contribution < -0.4 is 9.47 Å². The molecule has 11 heteroatoms. The van der Waals surface area contributed by atoms with E-state index in [1.54, 1.807) is 14.2 Å². The van der Waals surface area contributed by atoms with Crippen molar-refractivity contribution in [2.24, 2.45) is 5.11 Å². The normalized spacial score (nSPS) is 25.1. The Morgan fingerprint density at radius 3 is 2.60 bits per heavy atom. The average molecular weight is 571 g/mol. The first-order valence-corrected chi connectivity index (χ1v) is 15.3. The van der Waals surface area contributed by atoms with Gasteiger partial charge in [0.15, 0.2) is 19.8 Å². The average Bonchev–Trinajstić information content (AvgIpc) is 3.27. The second-order valence-electron chi connectivity index (χ2n) is 10.3. The summed E-state index contributed by atoms with van der Waals surface area (Å²) < 4.78 is 36.6. The van der Waals surface area contributed by atoms with Crippen LogP contribution in [0.4, 0.5) is 0 Å². The number of hydrogen-bond donors (Lipinski definition) is 0. The van der Waals surface area contributed by atoms with Crippen molar-refractivity contribution in [3.8, 4) is 11.5 Å². The predicted molar refractivity (Wildman–Crippen MR) is 139 cm³/mol. The standard InChI is InChI=1S/C24H36BrN3O6Si/c1-23(2,3)35(6,7)34-21-11-19(30-5)17(25)12-24(21,22(13-27-28-26)33-14-29-4)16-8-9-18-20(10-16)32-15-31-18/h8-10,12,19,21-22H,11,13-15H2,1-7H3/t19-,21-,22+,24+/m1/s1. The van der Waals surface area contributed by atoms with E-state index in [9.17, 15) is 5.53 Å². The van der Waals surface area contributed by atoms with Crippen LogP contribution in [0.3, 0.4) is 0 Å². The van der Waals surface area contributed by atoms with Crippen molar-refractivity contribution in [3.05, 3.63) is 44.8 Å². The van der Waals surface area contributed by atoms with Gasteiger partial charge in [-0.15, -0.1) is 0 Å². The quantitative estimate of drug-likeness (QED) is 0.112. The Morgan fingerprint density at radius 2 is 1.97 bits per heavy atom. The second-order valence-corrected chi connectivity index (χ2v) is 16.0. The molecule has 0 amide bonds. The Kier molecular flexibility index (Phi) is 8.96. The third kappa shape index (κ3) is 5.72. The summed E-state index contributed by atoms with van der Waals surface area (Å²) in [7, 11) is 1.00. The Morgan fingerprint density at radius 1 is 1.26 bits per heavy atom. The minimum atomic E-state index is -2.25. The molecule has 1 aliphatic carbocycles. The van der Waals surface area contributed by atoms with Crippen LogP contribution in [0.1, 0.15) is 32.8 Å². The van der Waals surface area contributed by atoms with Gasteiger partial charge in [-0.05, 0) is 41.4 Å². The van der Waals surface area contributed by atoms with Gasteiger partial charge in [0.1, 0.15) is 6.79 Å². The minimum Gasteiger partial charge on any atom is -0.454 e. The third-order valence-electron chi connectivity index (χ3n) is 7.28. The van der Waals surface area contributed by atoms with Crippen molar-refractivity contribution in [1.29, 1.82) is 0 Å². The Bertz CT molecular complexity index is 978. The van der Waals surface area contributed by atoms with Gasteiger partial charge in [-0.25, -0.2) is 0 Å². The van der Waals surface area contributed by atoms with Crippen molar-refractivity contribution in [3.63, 3.8) is 0 Å². The lowest BCUT2D eigenvalue weighted by atomic mass is 9.66. The summed E-state index contributed by atoms with van der Waals surface area (Å²) in [6.45, 7) is 11.4. The number of nitrogens with zero attached hydrogens (tertiary/aromatic N) is 3. The smallest absolute Gasteiger partial charge is 0.231 e. The molecule has 9 nitrogen and oxygen atoms in total. The molecule has 0 saturated heterocycles. The molecular formula is C24H36BrN3O6Si. The molecule has 0 radical (unpaired) electrons. The van der Waals surface area contributed by atoms with Gasteiger partial charge in [-0.3, -0.25) is 0 Å². The summed E-state index contributed by atoms with van der Waals surface area (Å²) in [5, 5.41) is 3.89. The van der Waals surface area contributed by atoms with Crippen LogP contribution >= 0.6 is 15.9 Å². The van der Waals surface area contributed by atoms with Gasteiger partial charge < -0.3 is 28.1 Å². The Labute approximate surface area is 216 Å². The number of benzene rings is 1. The highest BCUT2D eigenvalue weighted by Crippen LogP contribution is 2.50. The summed E-state index contributed by atoms with van der Waals surface area (Å²) in [5.41, 5.74) is 9.25. The molecule has 0 spiro atoms. The van der Waals surface area contributed by atoms with Gasteiger partial charge in [0.2, 0.25) is 6.79 Å². The zero-order valence-electron chi connectivity index (χ0n) is 21.5. The maximum Gasteiger partial charge on any atom is 0.231 e. The van der Waals surface area contributed by atoms with E-state index in [1.807, 2.05) is 18.2 Å². The molecule has 1 aromatic carbocycles. The topological polar surface area (TPSA) is 104 Å². The van der Waals surface area contributed by atoms with E-state index >= 15 is 0 Å². The summed E-state index contributed by atoms with van der Waals surface area (Å²) in [4.78, 5) is 3.02. The van der Waals surface area contributed by atoms with E-state index < -0.39 is 19.8 Å². The SMILES string of the molecule is COCO[C@@H](CN=[N+]=[N-])[C@]1(c2ccc3c(c2)OCO3)C=C(Br)[C@H](OC)C[C@H]1O[Si](C)(C)C(C)(C)C. The molecule has 194 valence electrons. The van der Waals surface area contributed by atoms with Crippen molar-refractivity contribution < 1.29 is 28.1 Å². The number of rotatable bonds is 10. The van der Waals surface area contributed by atoms with E-state index in [2.05, 4.69) is 65.9 Å². The molecule has 0 bridgehead atoms. The number of azide groups is 1. The van der Waals surface area contributed by atoms with Crippen molar-refractivity contribution in [2.75, 3.05) is 34.4 Å². The molecular weight excluding hydrogens is 534 g/mol. The third-order valence-corrected chi connectivity index (χ3v) is 12.5. The maximum atomic E-state index is 9.18. The Balaban J connectivity index is 2.27. The van der Waals surface area contributed by atoms with Gasteiger partial charge >= 0.3 is 0 Å². The van der Waals surface area contributed by atoms with Crippen LogP contribution in [-0.4, -0.2) is 61.0 Å². The van der Waals surface area contributed by atoms with E-state index in [-0.39, 0.29) is 37.4 Å². The fourth-order valence-corrected chi connectivity index (χ4v) is 6.44. The second kappa shape index (κ2) is 11.2. The van der Waals surface area contributed by atoms with Gasteiger partial charge in [0, 0.05) is 30.0 Å². The molecule has 2 aliphatic rings. The fourth-order valence-electron chi connectivity index (χ4n) is 4.33. The van der Waals surface area contributed by atoms with Gasteiger partial charge in [0.05, 0.1) is 30.3 Å². The first kappa shape index (κ1) is 28.0. The summed E-state index contributed by atoms with van der Waals surface area (Å²) in [6.07, 6.45) is 1.56. The summed E-state index contributed by atoms with van der Waals surface area (Å²) in [5.74, 6) is 1.34. The molecule has 1 aromatic rings. The monoisotopic (exact) mass is 569 g/mol.